The maximum Gasteiger partial charge on any atom is 0.147 e. The molecule has 1 aliphatic heterocycles. The molecular formula is C15H23N5O2. The van der Waals surface area contributed by atoms with Gasteiger partial charge in [0.15, 0.2) is 0 Å². The van der Waals surface area contributed by atoms with E-state index in [1.807, 2.05) is 32.4 Å². The minimum atomic E-state index is 0.133. The monoisotopic (exact) mass is 305 g/mol. The van der Waals surface area contributed by atoms with Gasteiger partial charge in [0.05, 0.1) is 24.9 Å². The topological polar surface area (TPSA) is 69.2 Å². The van der Waals surface area contributed by atoms with E-state index in [9.17, 15) is 0 Å². The van der Waals surface area contributed by atoms with Crippen LogP contribution in [0.3, 0.4) is 0 Å². The number of ether oxygens (including phenoxy) is 1. The van der Waals surface area contributed by atoms with Gasteiger partial charge in [-0.25, -0.2) is 9.67 Å². The second-order valence-electron chi connectivity index (χ2n) is 5.92. The standard InChI is InChI=1S/C15H23N5O2/c1-10-15(11(2)22-18-10)9-19-5-6-21-14(7-19)8-20-13(4)16-12(3)17-20/h14H,5-9H2,1-4H3. The van der Waals surface area contributed by atoms with Crippen LogP contribution in [0.4, 0.5) is 0 Å². The average Bonchev–Trinajstić information content (AvgIpc) is 2.95. The molecule has 0 aliphatic carbocycles. The Labute approximate surface area is 130 Å². The smallest absolute Gasteiger partial charge is 0.147 e. The quantitative estimate of drug-likeness (QED) is 0.850. The Morgan fingerprint density at radius 1 is 1.23 bits per heavy atom. The van der Waals surface area contributed by atoms with E-state index in [2.05, 4.69) is 20.1 Å². The van der Waals surface area contributed by atoms with Crippen LogP contribution in [0.1, 0.15) is 28.7 Å². The summed E-state index contributed by atoms with van der Waals surface area (Å²) in [6.07, 6.45) is 0.133. The normalized spacial score (nSPS) is 19.7. The van der Waals surface area contributed by atoms with Gasteiger partial charge in [0.1, 0.15) is 17.4 Å². The molecule has 1 atom stereocenters. The highest BCUT2D eigenvalue weighted by atomic mass is 16.5. The molecule has 120 valence electrons. The summed E-state index contributed by atoms with van der Waals surface area (Å²) in [5.41, 5.74) is 2.16. The van der Waals surface area contributed by atoms with E-state index >= 15 is 0 Å². The van der Waals surface area contributed by atoms with Gasteiger partial charge >= 0.3 is 0 Å². The number of aryl methyl sites for hydroxylation is 4. The van der Waals surface area contributed by atoms with E-state index in [1.165, 1.54) is 5.56 Å². The first-order valence-corrected chi connectivity index (χ1v) is 7.66. The first-order chi connectivity index (χ1) is 10.5. The van der Waals surface area contributed by atoms with Gasteiger partial charge < -0.3 is 9.26 Å². The van der Waals surface area contributed by atoms with Crippen LogP contribution < -0.4 is 0 Å². The molecule has 0 aromatic carbocycles. The van der Waals surface area contributed by atoms with Crippen molar-refractivity contribution in [1.82, 2.24) is 24.8 Å². The number of morpholine rings is 1. The van der Waals surface area contributed by atoms with E-state index in [0.717, 1.165) is 55.9 Å². The van der Waals surface area contributed by atoms with Gasteiger partial charge in [0.2, 0.25) is 0 Å². The molecule has 0 saturated carbocycles. The summed E-state index contributed by atoms with van der Waals surface area (Å²) in [6, 6.07) is 0. The lowest BCUT2D eigenvalue weighted by Crippen LogP contribution is -2.44. The number of aromatic nitrogens is 4. The lowest BCUT2D eigenvalue weighted by molar-refractivity contribution is -0.0406. The third kappa shape index (κ3) is 3.20. The molecule has 1 unspecified atom stereocenters. The Hall–Kier alpha value is -1.73. The highest BCUT2D eigenvalue weighted by Gasteiger charge is 2.23. The minimum absolute atomic E-state index is 0.133. The number of rotatable bonds is 4. The highest BCUT2D eigenvalue weighted by Crippen LogP contribution is 2.17. The maximum atomic E-state index is 5.89. The van der Waals surface area contributed by atoms with E-state index in [-0.39, 0.29) is 6.10 Å². The summed E-state index contributed by atoms with van der Waals surface area (Å²) in [4.78, 5) is 6.73. The molecule has 0 radical (unpaired) electrons. The number of nitrogens with zero attached hydrogens (tertiary/aromatic N) is 5. The third-order valence-electron chi connectivity index (χ3n) is 4.12. The van der Waals surface area contributed by atoms with Gasteiger partial charge in [-0.1, -0.05) is 5.16 Å². The van der Waals surface area contributed by atoms with Gasteiger partial charge in [0.25, 0.3) is 0 Å². The van der Waals surface area contributed by atoms with Crippen molar-refractivity contribution in [2.75, 3.05) is 19.7 Å². The van der Waals surface area contributed by atoms with E-state index in [0.29, 0.717) is 0 Å². The summed E-state index contributed by atoms with van der Waals surface area (Å²) in [5.74, 6) is 2.65. The molecule has 0 bridgehead atoms. The second kappa shape index (κ2) is 6.18. The molecule has 2 aromatic rings. The molecular weight excluding hydrogens is 282 g/mol. The Morgan fingerprint density at radius 3 is 2.68 bits per heavy atom. The molecule has 7 nitrogen and oxygen atoms in total. The van der Waals surface area contributed by atoms with Crippen LogP contribution in [0.25, 0.3) is 0 Å². The summed E-state index contributed by atoms with van der Waals surface area (Å²) in [5, 5.41) is 8.44. The molecule has 0 N–H and O–H groups in total. The predicted octanol–water partition coefficient (Wildman–Crippen LogP) is 1.40. The summed E-state index contributed by atoms with van der Waals surface area (Å²) >= 11 is 0. The van der Waals surface area contributed by atoms with Crippen molar-refractivity contribution in [2.24, 2.45) is 0 Å². The Bertz CT molecular complexity index is 629. The van der Waals surface area contributed by atoms with Crippen molar-refractivity contribution in [3.63, 3.8) is 0 Å². The molecule has 3 heterocycles. The Balaban J connectivity index is 1.63. The van der Waals surface area contributed by atoms with E-state index in [4.69, 9.17) is 9.26 Å². The van der Waals surface area contributed by atoms with Crippen LogP contribution in [0.2, 0.25) is 0 Å². The molecule has 0 amide bonds. The van der Waals surface area contributed by atoms with Crippen LogP contribution in [0, 0.1) is 27.7 Å². The van der Waals surface area contributed by atoms with Gasteiger partial charge in [-0.3, -0.25) is 4.90 Å². The predicted molar refractivity (Wildman–Crippen MR) is 80.5 cm³/mol. The zero-order chi connectivity index (χ0) is 15.7. The van der Waals surface area contributed by atoms with Crippen LogP contribution in [-0.2, 0) is 17.8 Å². The molecule has 1 aliphatic rings. The molecule has 3 rings (SSSR count). The van der Waals surface area contributed by atoms with Crippen LogP contribution in [-0.4, -0.2) is 50.6 Å². The second-order valence-corrected chi connectivity index (χ2v) is 5.92. The first kappa shape index (κ1) is 15.2. The molecule has 1 saturated heterocycles. The minimum Gasteiger partial charge on any atom is -0.374 e. The van der Waals surface area contributed by atoms with Crippen LogP contribution in [0.15, 0.2) is 4.52 Å². The van der Waals surface area contributed by atoms with Crippen LogP contribution in [0.5, 0.6) is 0 Å². The van der Waals surface area contributed by atoms with Crippen molar-refractivity contribution in [3.05, 3.63) is 28.7 Å². The van der Waals surface area contributed by atoms with Crippen molar-refractivity contribution < 1.29 is 9.26 Å². The fraction of sp³-hybridized carbons (Fsp3) is 0.667. The summed E-state index contributed by atoms with van der Waals surface area (Å²) in [6.45, 7) is 12.0. The number of hydrogen-bond donors (Lipinski definition) is 0. The van der Waals surface area contributed by atoms with Crippen LogP contribution >= 0.6 is 0 Å². The fourth-order valence-corrected chi connectivity index (χ4v) is 2.91. The highest BCUT2D eigenvalue weighted by molar-refractivity contribution is 5.20. The molecule has 0 spiro atoms. The molecule has 2 aromatic heterocycles. The van der Waals surface area contributed by atoms with E-state index in [1.54, 1.807) is 0 Å². The largest absolute Gasteiger partial charge is 0.374 e. The Morgan fingerprint density at radius 2 is 2.05 bits per heavy atom. The molecule has 1 fully saturated rings. The van der Waals surface area contributed by atoms with Crippen molar-refractivity contribution in [2.45, 2.75) is 46.9 Å². The van der Waals surface area contributed by atoms with E-state index < -0.39 is 0 Å². The van der Waals surface area contributed by atoms with Crippen molar-refractivity contribution in [3.8, 4) is 0 Å². The van der Waals surface area contributed by atoms with Crippen molar-refractivity contribution in [1.29, 1.82) is 0 Å². The zero-order valence-corrected chi connectivity index (χ0v) is 13.7. The zero-order valence-electron chi connectivity index (χ0n) is 13.7. The van der Waals surface area contributed by atoms with Crippen molar-refractivity contribution >= 4 is 0 Å². The Kier molecular flexibility index (Phi) is 4.26. The van der Waals surface area contributed by atoms with Gasteiger partial charge in [-0.05, 0) is 27.7 Å². The van der Waals surface area contributed by atoms with Gasteiger partial charge in [-0.2, -0.15) is 5.10 Å². The fourth-order valence-electron chi connectivity index (χ4n) is 2.91. The molecule has 7 heteroatoms. The summed E-state index contributed by atoms with van der Waals surface area (Å²) < 4.78 is 13.1. The summed E-state index contributed by atoms with van der Waals surface area (Å²) in [7, 11) is 0. The lowest BCUT2D eigenvalue weighted by Gasteiger charge is -2.32. The lowest BCUT2D eigenvalue weighted by atomic mass is 10.1. The SMILES string of the molecule is Cc1nc(C)n(CC2CN(Cc3c(C)noc3C)CCO2)n1. The number of hydrogen-bond acceptors (Lipinski definition) is 6. The maximum absolute atomic E-state index is 5.89. The van der Waals surface area contributed by atoms with Gasteiger partial charge in [0, 0.05) is 25.2 Å². The first-order valence-electron chi connectivity index (χ1n) is 7.66. The van der Waals surface area contributed by atoms with Gasteiger partial charge in [-0.15, -0.1) is 0 Å². The average molecular weight is 305 g/mol. The molecule has 22 heavy (non-hydrogen) atoms. The third-order valence-corrected chi connectivity index (χ3v) is 4.12.